The number of carbonyl (C=O) groups excluding carboxylic acids is 2. The van der Waals surface area contributed by atoms with Gasteiger partial charge in [-0.1, -0.05) is 29.4 Å². The van der Waals surface area contributed by atoms with Crippen LogP contribution in [0.15, 0.2) is 28.8 Å². The van der Waals surface area contributed by atoms with Crippen molar-refractivity contribution in [2.75, 3.05) is 6.54 Å². The molecule has 0 atom stereocenters. The number of rotatable bonds is 6. The van der Waals surface area contributed by atoms with E-state index < -0.39 is 23.6 Å². The molecule has 1 aromatic heterocycles. The highest BCUT2D eigenvalue weighted by Gasteiger charge is 2.38. The summed E-state index contributed by atoms with van der Waals surface area (Å²) in [5.74, 6) is -2.87. The van der Waals surface area contributed by atoms with Crippen molar-refractivity contribution >= 4 is 11.6 Å². The number of alkyl halides is 3. The zero-order valence-electron chi connectivity index (χ0n) is 12.3. The minimum Gasteiger partial charge on any atom is -1.00 e. The summed E-state index contributed by atoms with van der Waals surface area (Å²) in [5.41, 5.74) is 3.98. The monoisotopic (exact) mass is 363 g/mol. The van der Waals surface area contributed by atoms with Crippen molar-refractivity contribution in [2.24, 2.45) is 0 Å². The molecule has 0 aliphatic heterocycles. The van der Waals surface area contributed by atoms with Crippen LogP contribution in [0.3, 0.4) is 0 Å². The Morgan fingerprint density at radius 2 is 1.79 bits per heavy atom. The molecular formula is C14H13ClF3N3O3. The standard InChI is InChI=1S/C14H12F3N3O3.ClH/c15-14(16,17)13-19-12(20-23-13)9-5-3-8(4-6-9)11(22)10(21)2-1-7-18;/h3-6H,1-2,7,18H2;1H. The maximum absolute atomic E-state index is 12.4. The van der Waals surface area contributed by atoms with Crippen molar-refractivity contribution in [1.82, 2.24) is 10.1 Å². The molecule has 2 rings (SSSR count). The smallest absolute Gasteiger partial charge is 0.471 e. The molecule has 1 heterocycles. The zero-order valence-corrected chi connectivity index (χ0v) is 13.0. The number of Topliss-reactive ketones (excluding diaryl/α,β-unsaturated/α-hetero) is 2. The SMILES string of the molecule is [Cl-].[NH3+]CCCC(=O)C(=O)c1ccc(-c2noc(C(F)(F)F)n2)cc1. The molecular weight excluding hydrogens is 351 g/mol. The van der Waals surface area contributed by atoms with Crippen LogP contribution >= 0.6 is 0 Å². The second kappa shape index (κ2) is 8.02. The second-order valence-electron chi connectivity index (χ2n) is 4.71. The van der Waals surface area contributed by atoms with Crippen LogP contribution in [-0.2, 0) is 11.0 Å². The predicted molar refractivity (Wildman–Crippen MR) is 71.1 cm³/mol. The van der Waals surface area contributed by atoms with E-state index in [-0.39, 0.29) is 35.8 Å². The Morgan fingerprint density at radius 1 is 1.17 bits per heavy atom. The first-order valence-corrected chi connectivity index (χ1v) is 6.71. The maximum Gasteiger partial charge on any atom is 0.471 e. The van der Waals surface area contributed by atoms with E-state index >= 15 is 0 Å². The predicted octanol–water partition coefficient (Wildman–Crippen LogP) is -1.47. The summed E-state index contributed by atoms with van der Waals surface area (Å²) in [6.45, 7) is 0.553. The molecule has 6 nitrogen and oxygen atoms in total. The fourth-order valence-corrected chi connectivity index (χ4v) is 1.79. The number of nitrogens with zero attached hydrogens (tertiary/aromatic N) is 2. The summed E-state index contributed by atoms with van der Waals surface area (Å²) in [6.07, 6.45) is -4.09. The highest BCUT2D eigenvalue weighted by molar-refractivity contribution is 6.43. The fourth-order valence-electron chi connectivity index (χ4n) is 1.79. The van der Waals surface area contributed by atoms with Crippen LogP contribution in [0.1, 0.15) is 29.1 Å². The first-order valence-electron chi connectivity index (χ1n) is 6.71. The Kier molecular flexibility index (Phi) is 6.61. The van der Waals surface area contributed by atoms with E-state index in [2.05, 4.69) is 20.4 Å². The lowest BCUT2D eigenvalue weighted by atomic mass is 10.0. The van der Waals surface area contributed by atoms with Gasteiger partial charge >= 0.3 is 12.1 Å². The van der Waals surface area contributed by atoms with Crippen LogP contribution in [-0.4, -0.2) is 28.3 Å². The van der Waals surface area contributed by atoms with Gasteiger partial charge in [0.05, 0.1) is 6.54 Å². The van der Waals surface area contributed by atoms with E-state index in [4.69, 9.17) is 0 Å². The fraction of sp³-hybridized carbons (Fsp3) is 0.286. The Balaban J connectivity index is 0.00000288. The molecule has 1 aromatic carbocycles. The largest absolute Gasteiger partial charge is 1.00 e. The second-order valence-corrected chi connectivity index (χ2v) is 4.71. The molecule has 0 saturated carbocycles. The summed E-state index contributed by atoms with van der Waals surface area (Å²) in [5, 5.41) is 3.24. The van der Waals surface area contributed by atoms with E-state index in [1.807, 2.05) is 0 Å². The molecule has 0 fully saturated rings. The van der Waals surface area contributed by atoms with Gasteiger partial charge in [-0.15, -0.1) is 0 Å². The van der Waals surface area contributed by atoms with Crippen LogP contribution in [0.5, 0.6) is 0 Å². The molecule has 2 aromatic rings. The number of halogens is 4. The van der Waals surface area contributed by atoms with Crippen LogP contribution < -0.4 is 18.1 Å². The Bertz CT molecular complexity index is 714. The lowest BCUT2D eigenvalue weighted by Gasteiger charge is -2.00. The summed E-state index contributed by atoms with van der Waals surface area (Å²) in [4.78, 5) is 26.7. The van der Waals surface area contributed by atoms with Gasteiger partial charge in [-0.3, -0.25) is 9.59 Å². The molecule has 0 aliphatic carbocycles. The van der Waals surface area contributed by atoms with Crippen LogP contribution in [0.25, 0.3) is 11.4 Å². The van der Waals surface area contributed by atoms with Crippen molar-refractivity contribution in [3.05, 3.63) is 35.7 Å². The quantitative estimate of drug-likeness (QED) is 0.499. The molecule has 3 N–H and O–H groups in total. The zero-order chi connectivity index (χ0) is 17.0. The first kappa shape index (κ1) is 19.8. The molecule has 130 valence electrons. The summed E-state index contributed by atoms with van der Waals surface area (Å²) in [7, 11) is 0. The molecule has 0 amide bonds. The van der Waals surface area contributed by atoms with Gasteiger partial charge in [-0.05, 0) is 0 Å². The van der Waals surface area contributed by atoms with Gasteiger partial charge in [-0.25, -0.2) is 0 Å². The van der Waals surface area contributed by atoms with E-state index in [9.17, 15) is 22.8 Å². The topological polar surface area (TPSA) is 101 Å². The number of hydrogen-bond acceptors (Lipinski definition) is 5. The Labute approximate surface area is 140 Å². The third-order valence-electron chi connectivity index (χ3n) is 2.98. The van der Waals surface area contributed by atoms with Crippen molar-refractivity contribution in [1.29, 1.82) is 0 Å². The minimum atomic E-state index is -4.72. The molecule has 24 heavy (non-hydrogen) atoms. The third-order valence-corrected chi connectivity index (χ3v) is 2.98. The number of hydrogen-bond donors (Lipinski definition) is 1. The normalized spacial score (nSPS) is 11.0. The number of quaternary nitrogens is 1. The molecule has 0 spiro atoms. The number of carbonyl (C=O) groups is 2. The van der Waals surface area contributed by atoms with E-state index in [0.717, 1.165) is 0 Å². The summed E-state index contributed by atoms with van der Waals surface area (Å²) in [6, 6.07) is 5.38. The molecule has 0 radical (unpaired) electrons. The van der Waals surface area contributed by atoms with E-state index in [1.54, 1.807) is 0 Å². The first-order chi connectivity index (χ1) is 10.8. The van der Waals surface area contributed by atoms with Gasteiger partial charge in [0, 0.05) is 24.0 Å². The average Bonchev–Trinajstić information content (AvgIpc) is 3.02. The molecule has 0 saturated heterocycles. The van der Waals surface area contributed by atoms with Gasteiger partial charge < -0.3 is 22.7 Å². The summed E-state index contributed by atoms with van der Waals surface area (Å²) < 4.78 is 41.3. The van der Waals surface area contributed by atoms with Crippen LogP contribution in [0, 0.1) is 0 Å². The number of ketones is 2. The number of benzene rings is 1. The van der Waals surface area contributed by atoms with Crippen molar-refractivity contribution in [3.8, 4) is 11.4 Å². The van der Waals surface area contributed by atoms with E-state index in [1.165, 1.54) is 24.3 Å². The van der Waals surface area contributed by atoms with Crippen molar-refractivity contribution in [3.63, 3.8) is 0 Å². The average molecular weight is 364 g/mol. The Morgan fingerprint density at radius 3 is 2.29 bits per heavy atom. The third kappa shape index (κ3) is 4.62. The summed E-state index contributed by atoms with van der Waals surface area (Å²) >= 11 is 0. The molecule has 0 unspecified atom stereocenters. The van der Waals surface area contributed by atoms with Gasteiger partial charge in [0.2, 0.25) is 17.4 Å². The Hall–Kier alpha value is -2.26. The molecule has 0 aliphatic rings. The van der Waals surface area contributed by atoms with Gasteiger partial charge in [-0.2, -0.15) is 18.2 Å². The molecule has 10 heteroatoms. The van der Waals surface area contributed by atoms with Crippen molar-refractivity contribution in [2.45, 2.75) is 19.0 Å². The lowest BCUT2D eigenvalue weighted by molar-refractivity contribution is -0.368. The van der Waals surface area contributed by atoms with Gasteiger partial charge in [0.1, 0.15) is 0 Å². The maximum atomic E-state index is 12.4. The highest BCUT2D eigenvalue weighted by atomic mass is 35.5. The highest BCUT2D eigenvalue weighted by Crippen LogP contribution is 2.29. The van der Waals surface area contributed by atoms with Gasteiger partial charge in [0.15, 0.2) is 0 Å². The van der Waals surface area contributed by atoms with Crippen molar-refractivity contribution < 1.29 is 45.4 Å². The van der Waals surface area contributed by atoms with Crippen LogP contribution in [0.2, 0.25) is 0 Å². The minimum absolute atomic E-state index is 0. The van der Waals surface area contributed by atoms with Crippen LogP contribution in [0.4, 0.5) is 13.2 Å². The van der Waals surface area contributed by atoms with E-state index in [0.29, 0.717) is 13.0 Å². The molecule has 0 bridgehead atoms. The lowest BCUT2D eigenvalue weighted by Crippen LogP contribution is -3.00. The number of aromatic nitrogens is 2. The van der Waals surface area contributed by atoms with Gasteiger partial charge in [0.25, 0.3) is 0 Å².